The van der Waals surface area contributed by atoms with Crippen molar-refractivity contribution in [3.05, 3.63) is 105 Å². The number of benzene rings is 2. The summed E-state index contributed by atoms with van der Waals surface area (Å²) in [6.45, 7) is 3.79. The number of amides is 1. The highest BCUT2D eigenvalue weighted by atomic mass is 16.2. The molecule has 0 aliphatic rings. The van der Waals surface area contributed by atoms with Crippen molar-refractivity contribution in [3.63, 3.8) is 0 Å². The number of rotatable bonds is 4. The quantitative estimate of drug-likeness (QED) is 0.768. The first-order valence-corrected chi connectivity index (χ1v) is 8.17. The van der Waals surface area contributed by atoms with Gasteiger partial charge in [-0.25, -0.2) is 0 Å². The number of aryl methyl sites for hydroxylation is 2. The number of aromatic amines is 1. The molecule has 0 fully saturated rings. The van der Waals surface area contributed by atoms with Crippen LogP contribution in [-0.2, 0) is 0 Å². The van der Waals surface area contributed by atoms with Crippen LogP contribution in [0.15, 0.2) is 71.5 Å². The highest BCUT2D eigenvalue weighted by Crippen LogP contribution is 2.25. The molecule has 0 saturated carbocycles. The first-order valence-electron chi connectivity index (χ1n) is 8.17. The van der Waals surface area contributed by atoms with Crippen molar-refractivity contribution in [2.24, 2.45) is 0 Å². The van der Waals surface area contributed by atoms with Crippen LogP contribution in [0.1, 0.15) is 38.8 Å². The fourth-order valence-corrected chi connectivity index (χ4v) is 2.86. The van der Waals surface area contributed by atoms with Gasteiger partial charge in [0.2, 0.25) is 0 Å². The van der Waals surface area contributed by atoms with Gasteiger partial charge in [0.1, 0.15) is 5.56 Å². The lowest BCUT2D eigenvalue weighted by atomic mass is 9.94. The molecule has 0 saturated heterocycles. The Balaban J connectivity index is 2.00. The molecule has 1 aromatic heterocycles. The highest BCUT2D eigenvalue weighted by Gasteiger charge is 2.20. The van der Waals surface area contributed by atoms with E-state index in [1.54, 1.807) is 19.1 Å². The molecular formula is C21H20N2O2. The second-order valence-electron chi connectivity index (χ2n) is 6.06. The lowest BCUT2D eigenvalue weighted by Gasteiger charge is -2.21. The molecule has 126 valence electrons. The Morgan fingerprint density at radius 3 is 2.28 bits per heavy atom. The van der Waals surface area contributed by atoms with E-state index in [0.29, 0.717) is 0 Å². The van der Waals surface area contributed by atoms with Crippen LogP contribution in [0.5, 0.6) is 0 Å². The number of carbonyl (C=O) groups is 1. The SMILES string of the molecule is Cc1ccc(C(=O)NC(c2ccccc2)c2ccccc2C)c(=O)[nH]1. The summed E-state index contributed by atoms with van der Waals surface area (Å²) in [5.74, 6) is -0.390. The van der Waals surface area contributed by atoms with E-state index in [0.717, 1.165) is 22.4 Å². The smallest absolute Gasteiger partial charge is 0.260 e. The van der Waals surface area contributed by atoms with Gasteiger partial charge in [0.05, 0.1) is 6.04 Å². The van der Waals surface area contributed by atoms with Gasteiger partial charge in [0.25, 0.3) is 11.5 Å². The average Bonchev–Trinajstić information content (AvgIpc) is 2.61. The molecule has 1 amide bonds. The van der Waals surface area contributed by atoms with Crippen molar-refractivity contribution in [1.29, 1.82) is 0 Å². The van der Waals surface area contributed by atoms with Crippen molar-refractivity contribution >= 4 is 5.91 Å². The van der Waals surface area contributed by atoms with E-state index in [-0.39, 0.29) is 17.2 Å². The molecule has 0 aliphatic carbocycles. The van der Waals surface area contributed by atoms with Gasteiger partial charge in [-0.2, -0.15) is 0 Å². The molecule has 4 heteroatoms. The maximum absolute atomic E-state index is 12.7. The number of hydrogen-bond donors (Lipinski definition) is 2. The van der Waals surface area contributed by atoms with Crippen molar-refractivity contribution < 1.29 is 4.79 Å². The van der Waals surface area contributed by atoms with Gasteiger partial charge in [-0.1, -0.05) is 54.6 Å². The maximum Gasteiger partial charge on any atom is 0.260 e. The monoisotopic (exact) mass is 332 g/mol. The molecule has 2 aromatic carbocycles. The molecule has 1 heterocycles. The Hall–Kier alpha value is -3.14. The Morgan fingerprint density at radius 1 is 0.920 bits per heavy atom. The lowest BCUT2D eigenvalue weighted by molar-refractivity contribution is 0.0941. The summed E-state index contributed by atoms with van der Waals surface area (Å²) in [4.78, 5) is 27.5. The Bertz CT molecular complexity index is 945. The minimum Gasteiger partial charge on any atom is -0.341 e. The molecule has 0 bridgehead atoms. The zero-order valence-electron chi connectivity index (χ0n) is 14.2. The van der Waals surface area contributed by atoms with Gasteiger partial charge >= 0.3 is 0 Å². The van der Waals surface area contributed by atoms with Crippen LogP contribution in [0.4, 0.5) is 0 Å². The molecule has 1 atom stereocenters. The molecule has 0 radical (unpaired) electrons. The molecule has 25 heavy (non-hydrogen) atoms. The molecule has 0 aliphatic heterocycles. The largest absolute Gasteiger partial charge is 0.341 e. The van der Waals surface area contributed by atoms with Crippen LogP contribution in [0.25, 0.3) is 0 Å². The van der Waals surface area contributed by atoms with Gasteiger partial charge in [-0.05, 0) is 42.7 Å². The summed E-state index contributed by atoms with van der Waals surface area (Å²) in [6.07, 6.45) is 0. The van der Waals surface area contributed by atoms with Crippen LogP contribution in [-0.4, -0.2) is 10.9 Å². The van der Waals surface area contributed by atoms with E-state index < -0.39 is 5.91 Å². The molecule has 0 spiro atoms. The zero-order valence-corrected chi connectivity index (χ0v) is 14.2. The number of pyridine rings is 1. The summed E-state index contributed by atoms with van der Waals surface area (Å²) in [6, 6.07) is 20.6. The van der Waals surface area contributed by atoms with Crippen molar-refractivity contribution in [1.82, 2.24) is 10.3 Å². The fourth-order valence-electron chi connectivity index (χ4n) is 2.86. The maximum atomic E-state index is 12.7. The Kier molecular flexibility index (Phi) is 4.80. The first-order chi connectivity index (χ1) is 12.1. The van der Waals surface area contributed by atoms with E-state index in [2.05, 4.69) is 10.3 Å². The third-order valence-electron chi connectivity index (χ3n) is 4.21. The minimum absolute atomic E-state index is 0.111. The first kappa shape index (κ1) is 16.7. The second kappa shape index (κ2) is 7.18. The molecule has 3 aromatic rings. The van der Waals surface area contributed by atoms with Gasteiger partial charge in [-0.15, -0.1) is 0 Å². The number of hydrogen-bond acceptors (Lipinski definition) is 2. The minimum atomic E-state index is -0.390. The summed E-state index contributed by atoms with van der Waals surface area (Å²) in [7, 11) is 0. The van der Waals surface area contributed by atoms with Crippen LogP contribution >= 0.6 is 0 Å². The van der Waals surface area contributed by atoms with E-state index >= 15 is 0 Å². The van der Waals surface area contributed by atoms with Crippen LogP contribution < -0.4 is 10.9 Å². The molecule has 3 rings (SSSR count). The van der Waals surface area contributed by atoms with Crippen molar-refractivity contribution in [3.8, 4) is 0 Å². The molecular weight excluding hydrogens is 312 g/mol. The van der Waals surface area contributed by atoms with Crippen molar-refractivity contribution in [2.45, 2.75) is 19.9 Å². The van der Waals surface area contributed by atoms with Gasteiger partial charge < -0.3 is 10.3 Å². The van der Waals surface area contributed by atoms with Gasteiger partial charge in [0.15, 0.2) is 0 Å². The summed E-state index contributed by atoms with van der Waals surface area (Å²) >= 11 is 0. The predicted molar refractivity (Wildman–Crippen MR) is 98.7 cm³/mol. The lowest BCUT2D eigenvalue weighted by Crippen LogP contribution is -2.33. The Morgan fingerprint density at radius 2 is 1.60 bits per heavy atom. The van der Waals surface area contributed by atoms with E-state index in [4.69, 9.17) is 0 Å². The molecule has 4 nitrogen and oxygen atoms in total. The number of aromatic nitrogens is 1. The fraction of sp³-hybridized carbons (Fsp3) is 0.143. The van der Waals surface area contributed by atoms with E-state index in [1.165, 1.54) is 0 Å². The van der Waals surface area contributed by atoms with Crippen molar-refractivity contribution in [2.75, 3.05) is 0 Å². The zero-order chi connectivity index (χ0) is 17.8. The third-order valence-corrected chi connectivity index (χ3v) is 4.21. The summed E-state index contributed by atoms with van der Waals surface area (Å²) < 4.78 is 0. The second-order valence-corrected chi connectivity index (χ2v) is 6.06. The summed E-state index contributed by atoms with van der Waals surface area (Å²) in [5.41, 5.74) is 3.50. The van der Waals surface area contributed by atoms with E-state index in [9.17, 15) is 9.59 Å². The molecule has 1 unspecified atom stereocenters. The van der Waals surface area contributed by atoms with Crippen LogP contribution in [0.3, 0.4) is 0 Å². The van der Waals surface area contributed by atoms with Gasteiger partial charge in [-0.3, -0.25) is 9.59 Å². The predicted octanol–water partition coefficient (Wildman–Crippen LogP) is 3.51. The summed E-state index contributed by atoms with van der Waals surface area (Å²) in [5, 5.41) is 3.01. The molecule has 2 N–H and O–H groups in total. The average molecular weight is 332 g/mol. The number of carbonyl (C=O) groups excluding carboxylic acids is 1. The number of H-pyrrole nitrogens is 1. The van der Waals surface area contributed by atoms with Gasteiger partial charge in [0, 0.05) is 5.69 Å². The standard InChI is InChI=1S/C21H20N2O2/c1-14-8-6-7-11-17(14)19(16-9-4-3-5-10-16)23-21(25)18-13-12-15(2)22-20(18)24/h3-13,19H,1-2H3,(H,22,24)(H,23,25). The normalized spacial score (nSPS) is 11.8. The van der Waals surface area contributed by atoms with E-state index in [1.807, 2.05) is 61.5 Å². The third kappa shape index (κ3) is 3.69. The van der Waals surface area contributed by atoms with Crippen LogP contribution in [0, 0.1) is 13.8 Å². The topological polar surface area (TPSA) is 62.0 Å². The van der Waals surface area contributed by atoms with Crippen LogP contribution in [0.2, 0.25) is 0 Å². The Labute approximate surface area is 146 Å². The number of nitrogens with one attached hydrogen (secondary N) is 2. The highest BCUT2D eigenvalue weighted by molar-refractivity contribution is 5.94.